The molecule has 0 amide bonds. The van der Waals surface area contributed by atoms with Crippen molar-refractivity contribution in [3.63, 3.8) is 0 Å². The van der Waals surface area contributed by atoms with Crippen LogP contribution >= 0.6 is 7.29 Å². The Bertz CT molecular complexity index is 2860. The van der Waals surface area contributed by atoms with Gasteiger partial charge in [0.15, 0.2) is 25.9 Å². The number of hydrogen-bond acceptors (Lipinski definition) is 13. The highest BCUT2D eigenvalue weighted by molar-refractivity contribution is 7.62. The molecule has 72 heavy (non-hydrogen) atoms. The number of halogens is 1. The second-order valence-electron chi connectivity index (χ2n) is 18.8. The zero-order valence-electron chi connectivity index (χ0n) is 41.9. The van der Waals surface area contributed by atoms with Gasteiger partial charge in [-0.3, -0.25) is 28.7 Å². The number of methoxy groups -OCH3 is 3. The van der Waals surface area contributed by atoms with Crippen LogP contribution in [0.3, 0.4) is 0 Å². The number of benzene rings is 3. The van der Waals surface area contributed by atoms with E-state index in [-0.39, 0.29) is 50.4 Å². The second-order valence-corrected chi connectivity index (χ2v) is 22.7. The fourth-order valence-electron chi connectivity index (χ4n) is 10.4. The lowest BCUT2D eigenvalue weighted by molar-refractivity contribution is -0.0882. The summed E-state index contributed by atoms with van der Waals surface area (Å²) in [6, 6.07) is 28.4. The van der Waals surface area contributed by atoms with Crippen LogP contribution < -0.4 is 32.0 Å². The van der Waals surface area contributed by atoms with Crippen molar-refractivity contribution in [2.75, 3.05) is 54.6 Å². The molecular weight excluding hydrogens is 949 g/mol. The van der Waals surface area contributed by atoms with Gasteiger partial charge in [-0.25, -0.2) is 18.6 Å². The average Bonchev–Trinajstić information content (AvgIpc) is 3.88. The van der Waals surface area contributed by atoms with Crippen LogP contribution in [0.5, 0.6) is 11.5 Å². The predicted octanol–water partition coefficient (Wildman–Crippen LogP) is 5.88. The quantitative estimate of drug-likeness (QED) is 0.0613. The van der Waals surface area contributed by atoms with Gasteiger partial charge in [-0.05, 0) is 61.0 Å². The Kier molecular flexibility index (Phi) is 17.4. The molecule has 0 unspecified atom stereocenters. The SMILES string of the molecule is COc1ccc(C(OC[C@H]2O[C@@H](n3ccc(=O)[nH]c3=O)[C@H](F)[C@@H]2CCN(C)C[C@H]2O[C@@H](n3ccc(=O)[nH]c3=O)[C@H](OC)[C@@H]2N(CCC#N)P(=O)(C(C)C)C(C)C)(c2ccccc2)c2ccc(OC)cc2)cc1. The Morgan fingerprint density at radius 1 is 0.750 bits per heavy atom. The number of likely N-dealkylation sites (N-methyl/N-ethyl adjacent to an activating group) is 1. The van der Waals surface area contributed by atoms with Crippen LogP contribution in [0.2, 0.25) is 0 Å². The number of aromatic amines is 2. The number of rotatable bonds is 22. The second kappa shape index (κ2) is 23.3. The Morgan fingerprint density at radius 3 is 1.75 bits per heavy atom. The van der Waals surface area contributed by atoms with E-state index in [1.807, 2.05) is 123 Å². The van der Waals surface area contributed by atoms with E-state index in [0.717, 1.165) is 27.3 Å². The highest BCUT2D eigenvalue weighted by Crippen LogP contribution is 2.61. The van der Waals surface area contributed by atoms with Gasteiger partial charge in [0.1, 0.15) is 23.2 Å². The number of nitriles is 1. The van der Waals surface area contributed by atoms with Crippen molar-refractivity contribution in [2.45, 2.75) is 100 Å². The predicted molar refractivity (Wildman–Crippen MR) is 269 cm³/mol. The molecule has 5 aromatic rings. The first-order valence-electron chi connectivity index (χ1n) is 24.0. The number of alkyl halides is 1. The van der Waals surface area contributed by atoms with Crippen LogP contribution in [0.4, 0.5) is 4.39 Å². The monoisotopic (exact) mass is 1010 g/mol. The van der Waals surface area contributed by atoms with Crippen molar-refractivity contribution in [1.82, 2.24) is 28.7 Å². The zero-order chi connectivity index (χ0) is 51.9. The first-order chi connectivity index (χ1) is 34.5. The van der Waals surface area contributed by atoms with Gasteiger partial charge in [0.2, 0.25) is 0 Å². The average molecular weight is 1010 g/mol. The zero-order valence-corrected chi connectivity index (χ0v) is 42.8. The van der Waals surface area contributed by atoms with E-state index in [2.05, 4.69) is 16.0 Å². The fraction of sp³-hybridized carbons (Fsp3) is 0.481. The first-order valence-corrected chi connectivity index (χ1v) is 25.8. The van der Waals surface area contributed by atoms with Crippen LogP contribution in [0, 0.1) is 17.2 Å². The van der Waals surface area contributed by atoms with E-state index < -0.39 is 84.3 Å². The molecule has 2 N–H and O–H groups in total. The third-order valence-electron chi connectivity index (χ3n) is 14.0. The molecule has 4 heterocycles. The smallest absolute Gasteiger partial charge is 0.330 e. The first kappa shape index (κ1) is 53.8. The molecular formula is C52H65FN7O11P. The van der Waals surface area contributed by atoms with Crippen molar-refractivity contribution in [3.8, 4) is 17.6 Å². The molecule has 0 saturated carbocycles. The van der Waals surface area contributed by atoms with Gasteiger partial charge in [0.25, 0.3) is 11.1 Å². The molecule has 3 aromatic carbocycles. The Labute approximate surface area is 417 Å². The topological polar surface area (TPSA) is 212 Å². The molecule has 2 aliphatic rings. The van der Waals surface area contributed by atoms with Gasteiger partial charge < -0.3 is 37.9 Å². The molecule has 20 heteroatoms. The number of hydrogen-bond donors (Lipinski definition) is 2. The molecule has 18 nitrogen and oxygen atoms in total. The van der Waals surface area contributed by atoms with Crippen molar-refractivity contribution in [1.29, 1.82) is 5.26 Å². The number of nitrogens with zero attached hydrogens (tertiary/aromatic N) is 5. The maximum atomic E-state index is 17.4. The van der Waals surface area contributed by atoms with Crippen LogP contribution in [-0.4, -0.2) is 125 Å². The van der Waals surface area contributed by atoms with E-state index in [0.29, 0.717) is 11.5 Å². The highest BCUT2D eigenvalue weighted by Gasteiger charge is 2.55. The summed E-state index contributed by atoms with van der Waals surface area (Å²) >= 11 is 0. The highest BCUT2D eigenvalue weighted by atomic mass is 31.2. The van der Waals surface area contributed by atoms with Crippen molar-refractivity contribution >= 4 is 7.29 Å². The molecule has 2 aromatic heterocycles. The van der Waals surface area contributed by atoms with Crippen LogP contribution in [0.1, 0.15) is 69.7 Å². The maximum absolute atomic E-state index is 17.4. The maximum Gasteiger partial charge on any atom is 0.330 e. The van der Waals surface area contributed by atoms with Crippen LogP contribution in [-0.2, 0) is 29.1 Å². The summed E-state index contributed by atoms with van der Waals surface area (Å²) < 4.78 is 74.5. The molecule has 386 valence electrons. The van der Waals surface area contributed by atoms with E-state index in [1.54, 1.807) is 14.2 Å². The molecule has 2 saturated heterocycles. The van der Waals surface area contributed by atoms with Crippen LogP contribution in [0.25, 0.3) is 0 Å². The van der Waals surface area contributed by atoms with Crippen molar-refractivity contribution in [2.24, 2.45) is 5.92 Å². The number of aromatic nitrogens is 4. The minimum atomic E-state index is -3.29. The molecule has 0 bridgehead atoms. The minimum absolute atomic E-state index is 0.0489. The fourth-order valence-corrected chi connectivity index (χ4v) is 13.9. The van der Waals surface area contributed by atoms with Gasteiger partial charge in [0, 0.05) is 68.4 Å². The Balaban J connectivity index is 1.25. The molecule has 0 spiro atoms. The van der Waals surface area contributed by atoms with E-state index in [1.165, 1.54) is 30.1 Å². The summed E-state index contributed by atoms with van der Waals surface area (Å²) in [5.41, 5.74) is -2.50. The lowest BCUT2D eigenvalue weighted by Crippen LogP contribution is -2.52. The molecule has 0 aliphatic carbocycles. The van der Waals surface area contributed by atoms with Crippen molar-refractivity contribution in [3.05, 3.63) is 162 Å². The number of ether oxygens (including phenoxy) is 6. The van der Waals surface area contributed by atoms with Gasteiger partial charge in [-0.1, -0.05) is 82.3 Å². The summed E-state index contributed by atoms with van der Waals surface area (Å²) in [6.07, 6.45) is -4.14. The van der Waals surface area contributed by atoms with Gasteiger partial charge in [-0.15, -0.1) is 0 Å². The van der Waals surface area contributed by atoms with Gasteiger partial charge in [0.05, 0.1) is 45.1 Å². The van der Waals surface area contributed by atoms with E-state index in [4.69, 9.17) is 28.4 Å². The lowest BCUT2D eigenvalue weighted by atomic mass is 9.80. The number of nitrogens with one attached hydrogen (secondary N) is 2. The lowest BCUT2D eigenvalue weighted by Gasteiger charge is -2.44. The summed E-state index contributed by atoms with van der Waals surface area (Å²) in [5, 5.41) is 9.85. The minimum Gasteiger partial charge on any atom is -0.497 e. The van der Waals surface area contributed by atoms with Gasteiger partial charge in [-0.2, -0.15) is 5.26 Å². The Morgan fingerprint density at radius 2 is 1.26 bits per heavy atom. The largest absolute Gasteiger partial charge is 0.497 e. The van der Waals surface area contributed by atoms with E-state index in [9.17, 15) is 24.4 Å². The summed E-state index contributed by atoms with van der Waals surface area (Å²) in [7, 11) is 3.17. The summed E-state index contributed by atoms with van der Waals surface area (Å²) in [6.45, 7) is 7.90. The third-order valence-corrected chi connectivity index (χ3v) is 18.2. The summed E-state index contributed by atoms with van der Waals surface area (Å²) in [5.74, 6) is 0.375. The molecule has 2 aliphatic heterocycles. The third kappa shape index (κ3) is 10.9. The van der Waals surface area contributed by atoms with Gasteiger partial charge >= 0.3 is 11.4 Å². The Hall–Kier alpha value is -5.97. The standard InChI is InChI=1S/C52H65FN7O11P/c1-33(2)72(65,34(3)4)60(27-12-26-54)46-41(70-49(47(46)68-8)59-30-25-44(62)56-51(59)64)31-57(5)28-23-40-42(71-48(45(40)53)58-29-24-43(61)55-50(58)63)32-69-52(35-13-10-9-11-14-35,36-15-19-38(66-6)20-16-36)37-17-21-39(67-7)22-18-37/h9-11,13-22,24-25,29-30,33-34,40-42,45-49H,12,23,27-28,31-32H2,1-8H3,(H,55,61,63)(H,56,62,64)/t40-,41-,42-,45-,46-,47-,48-,49-/m1/s1. The van der Waals surface area contributed by atoms with Crippen LogP contribution in [0.15, 0.2) is 123 Å². The molecule has 2 fully saturated rings. The molecule has 7 rings (SSSR count). The van der Waals surface area contributed by atoms with E-state index >= 15 is 8.96 Å². The molecule has 0 radical (unpaired) electrons. The molecule has 8 atom stereocenters. The number of H-pyrrole nitrogens is 2. The normalized spacial score (nSPS) is 22.5. The summed E-state index contributed by atoms with van der Waals surface area (Å²) in [4.78, 5) is 57.3. The van der Waals surface area contributed by atoms with Crippen molar-refractivity contribution < 1.29 is 37.4 Å².